The minimum absolute atomic E-state index is 0.488. The van der Waals surface area contributed by atoms with E-state index in [-0.39, 0.29) is 0 Å². The second-order valence-electron chi connectivity index (χ2n) is 3.06. The monoisotopic (exact) mass is 271 g/mol. The molecule has 0 fully saturated rings. The van der Waals surface area contributed by atoms with Crippen molar-refractivity contribution in [3.05, 3.63) is 34.3 Å². The van der Waals surface area contributed by atoms with Crippen molar-refractivity contribution in [2.24, 2.45) is 5.73 Å². The number of primary amides is 1. The Morgan fingerprint density at radius 1 is 1.33 bits per heavy atom. The topological polar surface area (TPSA) is 67.2 Å². The van der Waals surface area contributed by atoms with Gasteiger partial charge >= 0.3 is 6.03 Å². The van der Waals surface area contributed by atoms with Crippen molar-refractivity contribution < 1.29 is 4.79 Å². The Labute approximate surface area is 97.4 Å². The van der Waals surface area contributed by atoms with Crippen LogP contribution in [0.15, 0.2) is 28.7 Å². The predicted molar refractivity (Wildman–Crippen MR) is 63.4 cm³/mol. The van der Waals surface area contributed by atoms with Gasteiger partial charge in [-0.15, -0.1) is 0 Å². The van der Waals surface area contributed by atoms with Crippen molar-refractivity contribution in [3.8, 4) is 0 Å². The highest BCUT2D eigenvalue weighted by atomic mass is 79.9. The molecule has 2 amide bonds. The Bertz CT molecular complexity index is 330. The summed E-state index contributed by atoms with van der Waals surface area (Å²) in [7, 11) is 0. The fraction of sp³-hybridized carbons (Fsp3) is 0.300. The summed E-state index contributed by atoms with van der Waals surface area (Å²) in [6.45, 7) is 2.01. The maximum absolute atomic E-state index is 10.4. The van der Waals surface area contributed by atoms with Crippen LogP contribution in [0.4, 0.5) is 4.79 Å². The van der Waals surface area contributed by atoms with E-state index in [1.165, 1.54) is 5.56 Å². The zero-order chi connectivity index (χ0) is 11.1. The smallest absolute Gasteiger partial charge is 0.312 e. The molecule has 0 aliphatic rings. The van der Waals surface area contributed by atoms with Crippen LogP contribution in [-0.2, 0) is 6.54 Å². The highest BCUT2D eigenvalue weighted by Crippen LogP contribution is 2.14. The molecule has 4 N–H and O–H groups in total. The molecule has 0 spiro atoms. The number of hydrogen-bond acceptors (Lipinski definition) is 2. The van der Waals surface area contributed by atoms with Crippen LogP contribution in [-0.4, -0.2) is 19.1 Å². The van der Waals surface area contributed by atoms with Crippen molar-refractivity contribution in [2.45, 2.75) is 6.54 Å². The van der Waals surface area contributed by atoms with E-state index in [0.717, 1.165) is 11.0 Å². The lowest BCUT2D eigenvalue weighted by atomic mass is 10.2. The lowest BCUT2D eigenvalue weighted by Gasteiger charge is -2.06. The Morgan fingerprint density at radius 2 is 2.07 bits per heavy atom. The highest BCUT2D eigenvalue weighted by Gasteiger charge is 1.97. The maximum Gasteiger partial charge on any atom is 0.312 e. The number of nitrogens with one attached hydrogen (secondary N) is 2. The van der Waals surface area contributed by atoms with Gasteiger partial charge in [0.2, 0.25) is 0 Å². The molecule has 82 valence electrons. The molecular formula is C10H14BrN3O. The Hall–Kier alpha value is -1.07. The first-order chi connectivity index (χ1) is 7.20. The average molecular weight is 272 g/mol. The Morgan fingerprint density at radius 3 is 2.73 bits per heavy atom. The molecule has 0 atom stereocenters. The summed E-state index contributed by atoms with van der Waals surface area (Å²) >= 11 is 3.46. The van der Waals surface area contributed by atoms with Gasteiger partial charge in [-0.05, 0) is 11.6 Å². The van der Waals surface area contributed by atoms with Gasteiger partial charge in [-0.1, -0.05) is 34.1 Å². The van der Waals surface area contributed by atoms with Crippen molar-refractivity contribution >= 4 is 22.0 Å². The molecule has 0 saturated heterocycles. The lowest BCUT2D eigenvalue weighted by molar-refractivity contribution is 0.249. The number of hydrogen-bond donors (Lipinski definition) is 3. The first kappa shape index (κ1) is 12.0. The molecule has 0 heterocycles. The SMILES string of the molecule is NC(=O)NCCNCc1ccccc1Br. The molecule has 1 aromatic carbocycles. The van der Waals surface area contributed by atoms with Crippen LogP contribution in [0.1, 0.15) is 5.56 Å². The van der Waals surface area contributed by atoms with Gasteiger partial charge in [-0.25, -0.2) is 4.79 Å². The van der Waals surface area contributed by atoms with Crippen LogP contribution >= 0.6 is 15.9 Å². The van der Waals surface area contributed by atoms with Gasteiger partial charge in [0.15, 0.2) is 0 Å². The zero-order valence-electron chi connectivity index (χ0n) is 8.29. The molecule has 5 heteroatoms. The minimum Gasteiger partial charge on any atom is -0.352 e. The first-order valence-corrected chi connectivity index (χ1v) is 5.47. The van der Waals surface area contributed by atoms with Crippen molar-refractivity contribution in [2.75, 3.05) is 13.1 Å². The van der Waals surface area contributed by atoms with E-state index in [0.29, 0.717) is 13.1 Å². The van der Waals surface area contributed by atoms with E-state index in [9.17, 15) is 4.79 Å². The number of rotatable bonds is 5. The molecule has 0 unspecified atom stereocenters. The summed E-state index contributed by atoms with van der Waals surface area (Å²) in [6, 6.07) is 7.51. The van der Waals surface area contributed by atoms with E-state index in [4.69, 9.17) is 5.73 Å². The number of urea groups is 1. The Balaban J connectivity index is 2.21. The molecule has 1 aromatic rings. The molecular weight excluding hydrogens is 258 g/mol. The number of nitrogens with two attached hydrogens (primary N) is 1. The van der Waals surface area contributed by atoms with Crippen LogP contribution in [0.25, 0.3) is 0 Å². The summed E-state index contributed by atoms with van der Waals surface area (Å²) in [5.74, 6) is 0. The normalized spacial score (nSPS) is 9.93. The molecule has 15 heavy (non-hydrogen) atoms. The van der Waals surface area contributed by atoms with Gasteiger partial charge in [-0.3, -0.25) is 0 Å². The number of halogens is 1. The second kappa shape index (κ2) is 6.42. The zero-order valence-corrected chi connectivity index (χ0v) is 9.88. The summed E-state index contributed by atoms with van der Waals surface area (Å²) in [5.41, 5.74) is 6.12. The molecule has 0 radical (unpaired) electrons. The van der Waals surface area contributed by atoms with Gasteiger partial charge in [0.1, 0.15) is 0 Å². The molecule has 0 aromatic heterocycles. The fourth-order valence-electron chi connectivity index (χ4n) is 1.14. The predicted octanol–water partition coefficient (Wildman–Crippen LogP) is 1.21. The third-order valence-corrected chi connectivity index (χ3v) is 2.65. The van der Waals surface area contributed by atoms with Gasteiger partial charge in [0.25, 0.3) is 0 Å². The third kappa shape index (κ3) is 4.80. The maximum atomic E-state index is 10.4. The molecule has 0 aliphatic heterocycles. The Kier molecular flexibility index (Phi) is 5.14. The lowest BCUT2D eigenvalue weighted by Crippen LogP contribution is -2.35. The summed E-state index contributed by atoms with van der Waals surface area (Å²) in [5, 5.41) is 5.71. The van der Waals surface area contributed by atoms with Crippen LogP contribution in [0.2, 0.25) is 0 Å². The quantitative estimate of drug-likeness (QED) is 0.705. The van der Waals surface area contributed by atoms with Crippen LogP contribution < -0.4 is 16.4 Å². The minimum atomic E-state index is -0.488. The average Bonchev–Trinajstić information content (AvgIpc) is 2.20. The number of benzene rings is 1. The summed E-state index contributed by atoms with van der Waals surface area (Å²) in [4.78, 5) is 10.4. The van der Waals surface area contributed by atoms with Crippen LogP contribution in [0, 0.1) is 0 Å². The molecule has 0 saturated carbocycles. The van der Waals surface area contributed by atoms with Crippen LogP contribution in [0.5, 0.6) is 0 Å². The van der Waals surface area contributed by atoms with Gasteiger partial charge < -0.3 is 16.4 Å². The van der Waals surface area contributed by atoms with E-state index in [2.05, 4.69) is 26.6 Å². The first-order valence-electron chi connectivity index (χ1n) is 4.67. The van der Waals surface area contributed by atoms with Crippen molar-refractivity contribution in [1.29, 1.82) is 0 Å². The molecule has 1 rings (SSSR count). The summed E-state index contributed by atoms with van der Waals surface area (Å²) < 4.78 is 1.08. The van der Waals surface area contributed by atoms with Crippen molar-refractivity contribution in [1.82, 2.24) is 10.6 Å². The van der Waals surface area contributed by atoms with Gasteiger partial charge in [0.05, 0.1) is 0 Å². The van der Waals surface area contributed by atoms with E-state index in [1.54, 1.807) is 0 Å². The van der Waals surface area contributed by atoms with E-state index < -0.39 is 6.03 Å². The number of carbonyl (C=O) groups is 1. The summed E-state index contributed by atoms with van der Waals surface area (Å²) in [6.07, 6.45) is 0. The van der Waals surface area contributed by atoms with Gasteiger partial charge in [-0.2, -0.15) is 0 Å². The molecule has 4 nitrogen and oxygen atoms in total. The highest BCUT2D eigenvalue weighted by molar-refractivity contribution is 9.10. The van der Waals surface area contributed by atoms with E-state index in [1.807, 2.05) is 24.3 Å². The van der Waals surface area contributed by atoms with Crippen LogP contribution in [0.3, 0.4) is 0 Å². The van der Waals surface area contributed by atoms with Crippen molar-refractivity contribution in [3.63, 3.8) is 0 Å². The molecule has 0 aliphatic carbocycles. The number of carbonyl (C=O) groups excluding carboxylic acids is 1. The largest absolute Gasteiger partial charge is 0.352 e. The standard InChI is InChI=1S/C10H14BrN3O/c11-9-4-2-1-3-8(9)7-13-5-6-14-10(12)15/h1-4,13H,5-7H2,(H3,12,14,15). The van der Waals surface area contributed by atoms with E-state index >= 15 is 0 Å². The molecule has 0 bridgehead atoms. The second-order valence-corrected chi connectivity index (χ2v) is 3.91. The fourth-order valence-corrected chi connectivity index (χ4v) is 1.56. The third-order valence-electron chi connectivity index (χ3n) is 1.87. The van der Waals surface area contributed by atoms with Gasteiger partial charge in [0, 0.05) is 24.1 Å². The number of amides is 2.